The number of thiazole rings is 1. The summed E-state index contributed by atoms with van der Waals surface area (Å²) in [6.45, 7) is 1.94. The summed E-state index contributed by atoms with van der Waals surface area (Å²) < 4.78 is 7.96. The van der Waals surface area contributed by atoms with Gasteiger partial charge < -0.3 is 9.30 Å². The maximum Gasteiger partial charge on any atom is 0.436 e. The smallest absolute Gasteiger partial charge is 0.436 e. The minimum absolute atomic E-state index is 0.184. The lowest BCUT2D eigenvalue weighted by Gasteiger charge is -2.09. The molecule has 0 saturated heterocycles. The standard InChI is InChI=1S/C14H12ClN3O3S/c1-3-21-14(20)16-13-18-10(7-22-13)12(19)17(2)9-6-4-5-8(15)11(9)18/h4-7H,3H2,1-2H3/b16-13-. The second-order valence-corrected chi connectivity index (χ2v) is 5.77. The van der Waals surface area contributed by atoms with E-state index >= 15 is 0 Å². The van der Waals surface area contributed by atoms with E-state index < -0.39 is 6.09 Å². The summed E-state index contributed by atoms with van der Waals surface area (Å²) in [4.78, 5) is 28.3. The predicted molar refractivity (Wildman–Crippen MR) is 85.6 cm³/mol. The first-order valence-corrected chi connectivity index (χ1v) is 7.79. The van der Waals surface area contributed by atoms with Crippen LogP contribution in [0.1, 0.15) is 6.92 Å². The molecule has 114 valence electrons. The molecule has 0 spiro atoms. The fourth-order valence-electron chi connectivity index (χ4n) is 2.27. The zero-order chi connectivity index (χ0) is 15.9. The van der Waals surface area contributed by atoms with Gasteiger partial charge in [0.2, 0.25) is 4.80 Å². The quantitative estimate of drug-likeness (QED) is 0.685. The Kier molecular flexibility index (Phi) is 3.76. The average molecular weight is 338 g/mol. The van der Waals surface area contributed by atoms with Crippen LogP contribution in [-0.4, -0.2) is 21.7 Å². The van der Waals surface area contributed by atoms with Crippen molar-refractivity contribution in [1.82, 2.24) is 8.97 Å². The lowest BCUT2D eigenvalue weighted by atomic mass is 10.3. The molecule has 8 heteroatoms. The number of rotatable bonds is 1. The summed E-state index contributed by atoms with van der Waals surface area (Å²) in [6, 6.07) is 5.29. The molecule has 3 rings (SSSR count). The van der Waals surface area contributed by atoms with Gasteiger partial charge in [-0.1, -0.05) is 17.7 Å². The van der Waals surface area contributed by atoms with Crippen LogP contribution in [-0.2, 0) is 11.8 Å². The Morgan fingerprint density at radius 1 is 1.41 bits per heavy atom. The molecule has 2 heterocycles. The zero-order valence-electron chi connectivity index (χ0n) is 11.9. The molecule has 2 aromatic heterocycles. The van der Waals surface area contributed by atoms with Gasteiger partial charge in [-0.25, -0.2) is 4.79 Å². The second kappa shape index (κ2) is 5.58. The molecule has 0 radical (unpaired) electrons. The third kappa shape index (κ3) is 2.22. The topological polar surface area (TPSA) is 65.1 Å². The Bertz CT molecular complexity index is 1020. The van der Waals surface area contributed by atoms with Crippen molar-refractivity contribution >= 4 is 45.6 Å². The summed E-state index contributed by atoms with van der Waals surface area (Å²) in [5.41, 5.74) is 1.52. The third-order valence-electron chi connectivity index (χ3n) is 3.24. The Balaban J connectivity index is 2.52. The maximum atomic E-state index is 12.4. The molecule has 0 bridgehead atoms. The number of ether oxygens (including phenoxy) is 1. The first-order valence-electron chi connectivity index (χ1n) is 6.53. The highest BCUT2D eigenvalue weighted by Crippen LogP contribution is 2.22. The molecule has 1 amide bonds. The van der Waals surface area contributed by atoms with Crippen LogP contribution < -0.4 is 10.4 Å². The molecule has 0 atom stereocenters. The van der Waals surface area contributed by atoms with Gasteiger partial charge in [0.15, 0.2) is 0 Å². The molecule has 0 fully saturated rings. The first-order chi connectivity index (χ1) is 10.5. The van der Waals surface area contributed by atoms with Gasteiger partial charge in [-0.05, 0) is 19.1 Å². The Hall–Kier alpha value is -2.12. The number of carbonyl (C=O) groups is 1. The first kappa shape index (κ1) is 14.8. The highest BCUT2D eigenvalue weighted by Gasteiger charge is 2.13. The van der Waals surface area contributed by atoms with Crippen LogP contribution in [0.15, 0.2) is 33.4 Å². The van der Waals surface area contributed by atoms with E-state index in [0.717, 1.165) is 0 Å². The molecule has 3 aromatic rings. The van der Waals surface area contributed by atoms with E-state index in [1.165, 1.54) is 15.9 Å². The molecule has 0 unspecified atom stereocenters. The lowest BCUT2D eigenvalue weighted by Crippen LogP contribution is -2.23. The molecular formula is C14H12ClN3O3S. The Morgan fingerprint density at radius 2 is 2.18 bits per heavy atom. The predicted octanol–water partition coefficient (Wildman–Crippen LogP) is 2.56. The van der Waals surface area contributed by atoms with E-state index in [0.29, 0.717) is 26.4 Å². The lowest BCUT2D eigenvalue weighted by molar-refractivity contribution is 0.162. The number of hydrogen-bond acceptors (Lipinski definition) is 4. The number of carbonyl (C=O) groups excluding carboxylic acids is 1. The molecule has 0 saturated carbocycles. The third-order valence-corrected chi connectivity index (χ3v) is 4.37. The summed E-state index contributed by atoms with van der Waals surface area (Å²) >= 11 is 7.48. The van der Waals surface area contributed by atoms with E-state index in [2.05, 4.69) is 4.99 Å². The SMILES string of the molecule is CCOC(=O)/N=c1\scc2c(=O)n(C)c3cccc(Cl)c3n12. The number of amides is 1. The highest BCUT2D eigenvalue weighted by molar-refractivity contribution is 7.07. The van der Waals surface area contributed by atoms with Gasteiger partial charge in [0.1, 0.15) is 5.52 Å². The van der Waals surface area contributed by atoms with E-state index in [9.17, 15) is 9.59 Å². The number of para-hydroxylation sites is 1. The van der Waals surface area contributed by atoms with Crippen LogP contribution >= 0.6 is 22.9 Å². The molecule has 0 aliphatic carbocycles. The molecule has 0 N–H and O–H groups in total. The van der Waals surface area contributed by atoms with Crippen molar-refractivity contribution in [2.45, 2.75) is 6.92 Å². The van der Waals surface area contributed by atoms with Crippen molar-refractivity contribution in [2.75, 3.05) is 6.61 Å². The molecule has 6 nitrogen and oxygen atoms in total. The van der Waals surface area contributed by atoms with Crippen molar-refractivity contribution < 1.29 is 9.53 Å². The van der Waals surface area contributed by atoms with Crippen LogP contribution in [0.3, 0.4) is 0 Å². The zero-order valence-corrected chi connectivity index (χ0v) is 13.4. The van der Waals surface area contributed by atoms with Gasteiger partial charge in [-0.3, -0.25) is 9.20 Å². The minimum atomic E-state index is -0.695. The second-order valence-electron chi connectivity index (χ2n) is 4.52. The van der Waals surface area contributed by atoms with Crippen LogP contribution in [0.2, 0.25) is 5.02 Å². The van der Waals surface area contributed by atoms with Crippen LogP contribution in [0, 0.1) is 0 Å². The van der Waals surface area contributed by atoms with Crippen molar-refractivity contribution in [2.24, 2.45) is 12.0 Å². The van der Waals surface area contributed by atoms with E-state index in [-0.39, 0.29) is 12.2 Å². The molecular weight excluding hydrogens is 326 g/mol. The number of fused-ring (bicyclic) bond motifs is 3. The maximum absolute atomic E-state index is 12.4. The number of nitrogens with zero attached hydrogens (tertiary/aromatic N) is 3. The largest absolute Gasteiger partial charge is 0.448 e. The Labute approximate surface area is 133 Å². The van der Waals surface area contributed by atoms with Gasteiger partial charge in [0.25, 0.3) is 5.56 Å². The molecule has 0 aliphatic rings. The van der Waals surface area contributed by atoms with Gasteiger partial charge in [0, 0.05) is 12.4 Å². The minimum Gasteiger partial charge on any atom is -0.448 e. The fraction of sp³-hybridized carbons (Fsp3) is 0.214. The van der Waals surface area contributed by atoms with Gasteiger partial charge in [-0.2, -0.15) is 0 Å². The monoisotopic (exact) mass is 337 g/mol. The van der Waals surface area contributed by atoms with Crippen molar-refractivity contribution in [3.8, 4) is 0 Å². The summed E-state index contributed by atoms with van der Waals surface area (Å²) in [5, 5.41) is 2.13. The highest BCUT2D eigenvalue weighted by atomic mass is 35.5. The van der Waals surface area contributed by atoms with E-state index in [1.54, 1.807) is 42.0 Å². The van der Waals surface area contributed by atoms with Crippen LogP contribution in [0.25, 0.3) is 16.6 Å². The van der Waals surface area contributed by atoms with Crippen molar-refractivity contribution in [3.05, 3.63) is 43.8 Å². The average Bonchev–Trinajstić information content (AvgIpc) is 2.88. The van der Waals surface area contributed by atoms with Gasteiger partial charge >= 0.3 is 6.09 Å². The van der Waals surface area contributed by atoms with Crippen molar-refractivity contribution in [1.29, 1.82) is 0 Å². The van der Waals surface area contributed by atoms with Crippen LogP contribution in [0.5, 0.6) is 0 Å². The van der Waals surface area contributed by atoms with Gasteiger partial charge in [-0.15, -0.1) is 16.3 Å². The van der Waals surface area contributed by atoms with Gasteiger partial charge in [0.05, 0.1) is 22.7 Å². The van der Waals surface area contributed by atoms with E-state index in [1.807, 2.05) is 0 Å². The van der Waals surface area contributed by atoms with E-state index in [4.69, 9.17) is 16.3 Å². The number of halogens is 1. The summed E-state index contributed by atoms with van der Waals surface area (Å²) in [7, 11) is 1.68. The molecule has 0 aliphatic heterocycles. The number of benzene rings is 1. The molecule has 22 heavy (non-hydrogen) atoms. The Morgan fingerprint density at radius 3 is 2.91 bits per heavy atom. The number of hydrogen-bond donors (Lipinski definition) is 0. The number of aromatic nitrogens is 2. The normalized spacial score (nSPS) is 12.2. The fourth-order valence-corrected chi connectivity index (χ4v) is 3.37. The number of aryl methyl sites for hydroxylation is 1. The summed E-state index contributed by atoms with van der Waals surface area (Å²) in [5.74, 6) is 0. The summed E-state index contributed by atoms with van der Waals surface area (Å²) in [6.07, 6.45) is -0.695. The molecule has 1 aromatic carbocycles. The van der Waals surface area contributed by atoms with Crippen molar-refractivity contribution in [3.63, 3.8) is 0 Å². The van der Waals surface area contributed by atoms with Crippen LogP contribution in [0.4, 0.5) is 4.79 Å².